The number of halogens is 1. The largest absolute Gasteiger partial charge is 0.365 e. The van der Waals surface area contributed by atoms with Gasteiger partial charge in [0, 0.05) is 30.0 Å². The number of anilines is 1. The molecule has 1 amide bonds. The van der Waals surface area contributed by atoms with E-state index < -0.39 is 0 Å². The summed E-state index contributed by atoms with van der Waals surface area (Å²) in [7, 11) is 0. The van der Waals surface area contributed by atoms with Crippen LogP contribution in [0.1, 0.15) is 29.6 Å². The highest BCUT2D eigenvalue weighted by atomic mass is 35.5. The standard InChI is InChI=1S/C15H16ClN5OS/c16-12-4-13(18-9-17-12)20-11-6-21(8-15(11)2-1-3-15)14(22)10-5-19-23-7-10/h4-5,7,9,11H,1-3,6,8H2,(H,17,18,20). The summed E-state index contributed by atoms with van der Waals surface area (Å²) in [6.07, 6.45) is 6.58. The molecule has 0 bridgehead atoms. The van der Waals surface area contributed by atoms with Gasteiger partial charge in [0.15, 0.2) is 0 Å². The van der Waals surface area contributed by atoms with Crippen molar-refractivity contribution < 1.29 is 4.79 Å². The molecular weight excluding hydrogens is 334 g/mol. The molecule has 120 valence electrons. The first-order chi connectivity index (χ1) is 11.2. The minimum atomic E-state index is 0.0649. The fourth-order valence-electron chi connectivity index (χ4n) is 3.54. The first-order valence-electron chi connectivity index (χ1n) is 7.59. The van der Waals surface area contributed by atoms with Crippen molar-refractivity contribution in [2.45, 2.75) is 25.3 Å². The fourth-order valence-corrected chi connectivity index (χ4v) is 4.20. The summed E-state index contributed by atoms with van der Waals surface area (Å²) in [4.78, 5) is 22.7. The van der Waals surface area contributed by atoms with Crippen LogP contribution in [0.4, 0.5) is 5.82 Å². The predicted octanol–water partition coefficient (Wildman–Crippen LogP) is 2.69. The molecule has 2 aromatic rings. The molecule has 2 aromatic heterocycles. The number of likely N-dealkylation sites (tertiary alicyclic amines) is 1. The monoisotopic (exact) mass is 349 g/mol. The molecule has 1 unspecified atom stereocenters. The van der Waals surface area contributed by atoms with Gasteiger partial charge >= 0.3 is 0 Å². The summed E-state index contributed by atoms with van der Waals surface area (Å²) in [5.41, 5.74) is 0.825. The second-order valence-corrected chi connectivity index (χ2v) is 7.28. The first kappa shape index (κ1) is 14.8. The Bertz CT molecular complexity index is 718. The van der Waals surface area contributed by atoms with Crippen molar-refractivity contribution in [1.29, 1.82) is 0 Å². The maximum Gasteiger partial charge on any atom is 0.256 e. The van der Waals surface area contributed by atoms with E-state index >= 15 is 0 Å². The molecule has 8 heteroatoms. The third-order valence-corrected chi connectivity index (χ3v) is 5.71. The van der Waals surface area contributed by atoms with E-state index in [1.165, 1.54) is 24.3 Å². The van der Waals surface area contributed by atoms with Gasteiger partial charge in [-0.2, -0.15) is 0 Å². The number of hydrogen-bond donors (Lipinski definition) is 1. The van der Waals surface area contributed by atoms with Gasteiger partial charge in [0.1, 0.15) is 17.3 Å². The molecule has 1 N–H and O–H groups in total. The molecule has 1 spiro atoms. The zero-order valence-electron chi connectivity index (χ0n) is 12.4. The second kappa shape index (κ2) is 5.72. The Hall–Kier alpha value is -1.73. The summed E-state index contributed by atoms with van der Waals surface area (Å²) >= 11 is 7.24. The molecule has 0 radical (unpaired) electrons. The number of hydrogen-bond acceptors (Lipinski definition) is 6. The number of amides is 1. The average molecular weight is 350 g/mol. The third kappa shape index (κ3) is 2.68. The van der Waals surface area contributed by atoms with Gasteiger partial charge in [-0.05, 0) is 24.4 Å². The Labute approximate surface area is 143 Å². The lowest BCUT2D eigenvalue weighted by Gasteiger charge is -2.42. The topological polar surface area (TPSA) is 71.0 Å². The molecule has 6 nitrogen and oxygen atoms in total. The van der Waals surface area contributed by atoms with Crippen LogP contribution >= 0.6 is 23.1 Å². The number of nitrogens with zero attached hydrogens (tertiary/aromatic N) is 4. The normalized spacial score (nSPS) is 22.1. The Morgan fingerprint density at radius 3 is 2.96 bits per heavy atom. The molecule has 1 saturated carbocycles. The van der Waals surface area contributed by atoms with Crippen LogP contribution in [-0.2, 0) is 0 Å². The Morgan fingerprint density at radius 1 is 1.43 bits per heavy atom. The van der Waals surface area contributed by atoms with Crippen LogP contribution in [-0.4, -0.2) is 44.3 Å². The molecule has 0 aromatic carbocycles. The number of carbonyl (C=O) groups excluding carboxylic acids is 1. The van der Waals surface area contributed by atoms with Crippen LogP contribution in [0.5, 0.6) is 0 Å². The SMILES string of the molecule is O=C(c1cnsc1)N1CC(Nc2cc(Cl)ncn2)C2(CCC2)C1. The summed E-state index contributed by atoms with van der Waals surface area (Å²) in [5.74, 6) is 0.780. The van der Waals surface area contributed by atoms with Gasteiger partial charge in [-0.1, -0.05) is 18.0 Å². The molecule has 3 heterocycles. The summed E-state index contributed by atoms with van der Waals surface area (Å²) in [6.45, 7) is 1.47. The molecule has 1 aliphatic heterocycles. The van der Waals surface area contributed by atoms with E-state index in [9.17, 15) is 4.79 Å². The maximum atomic E-state index is 12.6. The zero-order valence-corrected chi connectivity index (χ0v) is 14.0. The third-order valence-electron chi connectivity index (χ3n) is 4.92. The van der Waals surface area contributed by atoms with Crippen LogP contribution < -0.4 is 5.32 Å². The Kier molecular flexibility index (Phi) is 3.69. The summed E-state index contributed by atoms with van der Waals surface area (Å²) in [5, 5.41) is 5.69. The van der Waals surface area contributed by atoms with Crippen molar-refractivity contribution in [1.82, 2.24) is 19.2 Å². The number of carbonyl (C=O) groups is 1. The van der Waals surface area contributed by atoms with Crippen LogP contribution in [0.15, 0.2) is 24.0 Å². The van der Waals surface area contributed by atoms with E-state index in [1.807, 2.05) is 4.90 Å². The van der Waals surface area contributed by atoms with Gasteiger partial charge in [-0.3, -0.25) is 4.79 Å². The highest BCUT2D eigenvalue weighted by molar-refractivity contribution is 7.03. The van der Waals surface area contributed by atoms with Crippen LogP contribution in [0, 0.1) is 5.41 Å². The summed E-state index contributed by atoms with van der Waals surface area (Å²) in [6, 6.07) is 1.92. The van der Waals surface area contributed by atoms with Crippen molar-refractivity contribution in [2.75, 3.05) is 18.4 Å². The Balaban J connectivity index is 1.53. The molecule has 2 fully saturated rings. The van der Waals surface area contributed by atoms with Crippen molar-refractivity contribution >= 4 is 34.9 Å². The highest BCUT2D eigenvalue weighted by Gasteiger charge is 2.51. The average Bonchev–Trinajstić information content (AvgIpc) is 3.13. The number of nitrogens with one attached hydrogen (secondary N) is 1. The van der Waals surface area contributed by atoms with Gasteiger partial charge in [0.2, 0.25) is 0 Å². The minimum absolute atomic E-state index is 0.0649. The van der Waals surface area contributed by atoms with Gasteiger partial charge in [-0.25, -0.2) is 14.3 Å². The van der Waals surface area contributed by atoms with E-state index in [-0.39, 0.29) is 17.4 Å². The maximum absolute atomic E-state index is 12.6. The van der Waals surface area contributed by atoms with E-state index in [1.54, 1.807) is 17.6 Å². The lowest BCUT2D eigenvalue weighted by Crippen LogP contribution is -2.44. The van der Waals surface area contributed by atoms with Crippen LogP contribution in [0.25, 0.3) is 0 Å². The highest BCUT2D eigenvalue weighted by Crippen LogP contribution is 2.49. The lowest BCUT2D eigenvalue weighted by molar-refractivity contribution is 0.0729. The predicted molar refractivity (Wildman–Crippen MR) is 88.8 cm³/mol. The molecule has 1 atom stereocenters. The number of rotatable bonds is 3. The van der Waals surface area contributed by atoms with E-state index in [4.69, 9.17) is 11.6 Å². The van der Waals surface area contributed by atoms with Crippen LogP contribution in [0.3, 0.4) is 0 Å². The molecule has 23 heavy (non-hydrogen) atoms. The van der Waals surface area contributed by atoms with Crippen molar-refractivity contribution in [2.24, 2.45) is 5.41 Å². The molecular formula is C15H16ClN5OS. The van der Waals surface area contributed by atoms with E-state index in [0.29, 0.717) is 23.1 Å². The van der Waals surface area contributed by atoms with Gasteiger partial charge in [-0.15, -0.1) is 0 Å². The molecule has 1 saturated heterocycles. The van der Waals surface area contributed by atoms with E-state index in [0.717, 1.165) is 19.4 Å². The van der Waals surface area contributed by atoms with E-state index in [2.05, 4.69) is 19.7 Å². The molecule has 4 rings (SSSR count). The zero-order chi connectivity index (χ0) is 15.9. The van der Waals surface area contributed by atoms with Gasteiger partial charge in [0.25, 0.3) is 5.91 Å². The second-order valence-electron chi connectivity index (χ2n) is 6.24. The smallest absolute Gasteiger partial charge is 0.256 e. The quantitative estimate of drug-likeness (QED) is 0.863. The first-order valence-corrected chi connectivity index (χ1v) is 8.80. The lowest BCUT2D eigenvalue weighted by atomic mass is 9.65. The van der Waals surface area contributed by atoms with Crippen molar-refractivity contribution in [3.63, 3.8) is 0 Å². The molecule has 1 aliphatic carbocycles. The van der Waals surface area contributed by atoms with Crippen molar-refractivity contribution in [3.8, 4) is 0 Å². The summed E-state index contributed by atoms with van der Waals surface area (Å²) < 4.78 is 4.03. The number of aromatic nitrogens is 3. The van der Waals surface area contributed by atoms with Gasteiger partial charge < -0.3 is 10.2 Å². The van der Waals surface area contributed by atoms with Gasteiger partial charge in [0.05, 0.1) is 17.8 Å². The fraction of sp³-hybridized carbons (Fsp3) is 0.467. The van der Waals surface area contributed by atoms with Crippen LogP contribution in [0.2, 0.25) is 5.15 Å². The Morgan fingerprint density at radius 2 is 2.30 bits per heavy atom. The minimum Gasteiger partial charge on any atom is -0.365 e. The van der Waals surface area contributed by atoms with Crippen molar-refractivity contribution in [3.05, 3.63) is 34.7 Å². The molecule has 2 aliphatic rings.